The van der Waals surface area contributed by atoms with Gasteiger partial charge in [-0.1, -0.05) is 65.4 Å². The zero-order valence-electron chi connectivity index (χ0n) is 20.6. The Balaban J connectivity index is 1.53. The number of H-pyrrole nitrogens is 1. The summed E-state index contributed by atoms with van der Waals surface area (Å²) in [6.45, 7) is 0.477. The molecule has 10 heteroatoms. The maximum atomic E-state index is 13.6. The first-order valence-corrected chi connectivity index (χ1v) is 13.3. The van der Waals surface area contributed by atoms with Gasteiger partial charge >= 0.3 is 6.18 Å². The fraction of sp³-hybridized carbons (Fsp3) is 0.172. The number of halogens is 4. The molecule has 2 aromatic heterocycles. The highest BCUT2D eigenvalue weighted by molar-refractivity contribution is 7.19. The molecule has 39 heavy (non-hydrogen) atoms. The molecule has 0 fully saturated rings. The van der Waals surface area contributed by atoms with Crippen LogP contribution in [0.15, 0.2) is 72.8 Å². The second-order valence-electron chi connectivity index (χ2n) is 9.19. The fourth-order valence-corrected chi connectivity index (χ4v) is 6.40. The van der Waals surface area contributed by atoms with Crippen LogP contribution in [0.3, 0.4) is 0 Å². The number of Topliss-reactive ketones (excluding diaryl/α,β-unsaturated/α-hetero) is 1. The minimum absolute atomic E-state index is 0.190. The first kappa shape index (κ1) is 25.5. The molecule has 5 nitrogen and oxygen atoms in total. The lowest BCUT2D eigenvalue weighted by atomic mass is 9.92. The highest BCUT2D eigenvalue weighted by Gasteiger charge is 2.43. The zero-order chi connectivity index (χ0) is 27.3. The standard InChI is InChI=1S/C29H21ClF3N3O2S/c1-38-19-10-7-16(8-11-19)25-23-20(21-15-18(30)9-12-22(21)34-23)13-14-36(25)28-35-24(27(37)29(31,32)33)26(39-28)17-5-3-2-4-6-17/h2-12,15,25,34H,13-14H2,1H3. The van der Waals surface area contributed by atoms with E-state index in [4.69, 9.17) is 16.3 Å². The predicted molar refractivity (Wildman–Crippen MR) is 147 cm³/mol. The second kappa shape index (κ2) is 9.73. The van der Waals surface area contributed by atoms with E-state index >= 15 is 0 Å². The molecule has 0 saturated heterocycles. The maximum absolute atomic E-state index is 13.6. The van der Waals surface area contributed by atoms with E-state index < -0.39 is 23.7 Å². The third-order valence-corrected chi connectivity index (χ3v) is 8.27. The van der Waals surface area contributed by atoms with Crippen molar-refractivity contribution in [1.29, 1.82) is 0 Å². The van der Waals surface area contributed by atoms with Gasteiger partial charge in [-0.3, -0.25) is 4.79 Å². The van der Waals surface area contributed by atoms with Crippen molar-refractivity contribution in [3.8, 4) is 16.2 Å². The summed E-state index contributed by atoms with van der Waals surface area (Å²) < 4.78 is 46.2. The number of aromatic nitrogens is 2. The number of aromatic amines is 1. The van der Waals surface area contributed by atoms with Crippen LogP contribution < -0.4 is 9.64 Å². The molecule has 0 radical (unpaired) electrons. The molecule has 0 saturated carbocycles. The van der Waals surface area contributed by atoms with Gasteiger partial charge in [-0.15, -0.1) is 0 Å². The monoisotopic (exact) mass is 567 g/mol. The van der Waals surface area contributed by atoms with Crippen LogP contribution in [0.25, 0.3) is 21.3 Å². The van der Waals surface area contributed by atoms with Gasteiger partial charge in [-0.2, -0.15) is 13.2 Å². The van der Waals surface area contributed by atoms with E-state index in [1.54, 1.807) is 37.4 Å². The summed E-state index contributed by atoms with van der Waals surface area (Å²) >= 11 is 7.39. The number of rotatable bonds is 5. The highest BCUT2D eigenvalue weighted by atomic mass is 35.5. The minimum Gasteiger partial charge on any atom is -0.497 e. The van der Waals surface area contributed by atoms with Gasteiger partial charge in [0.25, 0.3) is 5.78 Å². The number of nitrogens with one attached hydrogen (secondary N) is 1. The first-order valence-electron chi connectivity index (χ1n) is 12.1. The van der Waals surface area contributed by atoms with Gasteiger partial charge in [-0.05, 0) is 53.4 Å². The second-order valence-corrected chi connectivity index (χ2v) is 10.6. The van der Waals surface area contributed by atoms with Crippen molar-refractivity contribution in [3.05, 3.63) is 100 Å². The minimum atomic E-state index is -5.05. The molecule has 0 amide bonds. The van der Waals surface area contributed by atoms with Crippen LogP contribution in [0.4, 0.5) is 18.3 Å². The van der Waals surface area contributed by atoms with Crippen LogP contribution in [0.2, 0.25) is 5.02 Å². The Kier molecular flexibility index (Phi) is 6.35. The van der Waals surface area contributed by atoms with Crippen molar-refractivity contribution in [3.63, 3.8) is 0 Å². The Morgan fingerprint density at radius 3 is 2.54 bits per heavy atom. The average molecular weight is 568 g/mol. The number of fused-ring (bicyclic) bond motifs is 3. The van der Waals surface area contributed by atoms with Crippen LogP contribution in [-0.4, -0.2) is 35.6 Å². The Labute approximate surface area is 230 Å². The van der Waals surface area contributed by atoms with E-state index in [1.807, 2.05) is 47.4 Å². The number of alkyl halides is 3. The third kappa shape index (κ3) is 4.55. The summed E-state index contributed by atoms with van der Waals surface area (Å²) in [5, 5.41) is 1.97. The Bertz CT molecular complexity index is 1680. The van der Waals surface area contributed by atoms with E-state index in [9.17, 15) is 18.0 Å². The number of ketones is 1. The summed E-state index contributed by atoms with van der Waals surface area (Å²) in [5.41, 5.74) is 3.74. The van der Waals surface area contributed by atoms with Gasteiger partial charge in [-0.25, -0.2) is 4.98 Å². The van der Waals surface area contributed by atoms with Crippen LogP contribution in [-0.2, 0) is 6.42 Å². The first-order chi connectivity index (χ1) is 18.7. The smallest absolute Gasteiger partial charge is 0.456 e. The summed E-state index contributed by atoms with van der Waals surface area (Å²) in [6, 6.07) is 21.4. The van der Waals surface area contributed by atoms with Crippen LogP contribution in [0.5, 0.6) is 5.75 Å². The van der Waals surface area contributed by atoms with E-state index in [0.717, 1.165) is 39.1 Å². The van der Waals surface area contributed by atoms with Gasteiger partial charge in [0, 0.05) is 28.2 Å². The summed E-state index contributed by atoms with van der Waals surface area (Å²) in [5.74, 6) is -1.27. The third-order valence-electron chi connectivity index (χ3n) is 6.89. The van der Waals surface area contributed by atoms with Crippen LogP contribution >= 0.6 is 22.9 Å². The SMILES string of the molecule is COc1ccc(C2c3[nH]c4ccc(Cl)cc4c3CCN2c2nc(C(=O)C(F)(F)F)c(-c3ccccc3)s2)cc1. The number of hydrogen-bond donors (Lipinski definition) is 1. The molecule has 1 unspecified atom stereocenters. The predicted octanol–water partition coefficient (Wildman–Crippen LogP) is 7.85. The number of benzene rings is 3. The van der Waals surface area contributed by atoms with Crippen molar-refractivity contribution >= 4 is 44.8 Å². The number of hydrogen-bond acceptors (Lipinski definition) is 5. The Hall–Kier alpha value is -3.82. The number of carbonyl (C=O) groups excluding carboxylic acids is 1. The summed E-state index contributed by atoms with van der Waals surface area (Å²) in [7, 11) is 1.58. The van der Waals surface area contributed by atoms with Crippen molar-refractivity contribution in [1.82, 2.24) is 9.97 Å². The van der Waals surface area contributed by atoms with Crippen molar-refractivity contribution in [2.24, 2.45) is 0 Å². The molecular weight excluding hydrogens is 547 g/mol. The molecule has 5 aromatic rings. The Morgan fingerprint density at radius 2 is 1.85 bits per heavy atom. The molecule has 6 rings (SSSR count). The fourth-order valence-electron chi connectivity index (χ4n) is 5.10. The molecule has 1 aliphatic rings. The summed E-state index contributed by atoms with van der Waals surface area (Å²) in [6.07, 6.45) is -4.43. The topological polar surface area (TPSA) is 58.2 Å². The van der Waals surface area contributed by atoms with Crippen LogP contribution in [0.1, 0.15) is 33.4 Å². The number of nitrogens with zero attached hydrogens (tertiary/aromatic N) is 2. The van der Waals surface area contributed by atoms with Gasteiger partial charge in [0.2, 0.25) is 0 Å². The number of ether oxygens (including phenoxy) is 1. The van der Waals surface area contributed by atoms with E-state index in [2.05, 4.69) is 9.97 Å². The molecule has 3 heterocycles. The molecule has 0 aliphatic carbocycles. The van der Waals surface area contributed by atoms with Gasteiger partial charge in [0.1, 0.15) is 11.4 Å². The molecular formula is C29H21ClF3N3O2S. The average Bonchev–Trinajstić information content (AvgIpc) is 3.54. The van der Waals surface area contributed by atoms with Gasteiger partial charge < -0.3 is 14.6 Å². The number of thiazole rings is 1. The van der Waals surface area contributed by atoms with Gasteiger partial charge in [0.05, 0.1) is 18.0 Å². The lowest BCUT2D eigenvalue weighted by molar-refractivity contribution is -0.0887. The number of methoxy groups -OCH3 is 1. The molecule has 0 bridgehead atoms. The van der Waals surface area contributed by atoms with Gasteiger partial charge in [0.15, 0.2) is 5.13 Å². The molecule has 3 aromatic carbocycles. The van der Waals surface area contributed by atoms with Crippen LogP contribution in [0, 0.1) is 0 Å². The maximum Gasteiger partial charge on any atom is 0.456 e. The van der Waals surface area contributed by atoms with Crippen molar-refractivity contribution < 1.29 is 22.7 Å². The quantitative estimate of drug-likeness (QED) is 0.220. The molecule has 198 valence electrons. The zero-order valence-corrected chi connectivity index (χ0v) is 22.1. The van der Waals surface area contributed by atoms with E-state index in [0.29, 0.717) is 34.4 Å². The number of anilines is 1. The molecule has 1 aliphatic heterocycles. The van der Waals surface area contributed by atoms with E-state index in [1.165, 1.54) is 0 Å². The lowest BCUT2D eigenvalue weighted by Gasteiger charge is -2.36. The largest absolute Gasteiger partial charge is 0.497 e. The number of carbonyl (C=O) groups is 1. The highest BCUT2D eigenvalue weighted by Crippen LogP contribution is 2.45. The van der Waals surface area contributed by atoms with E-state index in [-0.39, 0.29) is 4.88 Å². The molecule has 1 N–H and O–H groups in total. The van der Waals surface area contributed by atoms with Crippen molar-refractivity contribution in [2.45, 2.75) is 18.6 Å². The Morgan fingerprint density at radius 1 is 1.10 bits per heavy atom. The molecule has 0 spiro atoms. The normalized spacial score (nSPS) is 15.4. The lowest BCUT2D eigenvalue weighted by Crippen LogP contribution is -2.36. The van der Waals surface area contributed by atoms with Crippen molar-refractivity contribution in [2.75, 3.05) is 18.6 Å². The summed E-state index contributed by atoms with van der Waals surface area (Å²) in [4.78, 5) is 22.5. The molecule has 1 atom stereocenters.